The summed E-state index contributed by atoms with van der Waals surface area (Å²) in [4.78, 5) is 2.32. The molecule has 1 heterocycles. The van der Waals surface area contributed by atoms with E-state index in [-0.39, 0.29) is 0 Å². The van der Waals surface area contributed by atoms with Crippen LogP contribution in [0.5, 0.6) is 0 Å². The number of hydrogen-bond acceptors (Lipinski definition) is 1. The molecule has 1 rings (SSSR count). The summed E-state index contributed by atoms with van der Waals surface area (Å²) in [5, 5.41) is 0. The molecule has 1 aliphatic rings. The van der Waals surface area contributed by atoms with Crippen LogP contribution >= 0.6 is 0 Å². The van der Waals surface area contributed by atoms with Gasteiger partial charge >= 0.3 is 0 Å². The fourth-order valence-corrected chi connectivity index (χ4v) is 1.20. The first-order chi connectivity index (χ1) is 3.84. The van der Waals surface area contributed by atoms with Gasteiger partial charge in [0.2, 0.25) is 0 Å². The van der Waals surface area contributed by atoms with E-state index in [0.29, 0.717) is 0 Å². The Kier molecular flexibility index (Phi) is 1.56. The number of nitrogens with zero attached hydrogens (tertiary/aromatic N) is 1. The summed E-state index contributed by atoms with van der Waals surface area (Å²) in [6.45, 7) is 3.36. The second-order valence-electron chi connectivity index (χ2n) is 2.31. The highest BCUT2D eigenvalue weighted by atomic mass is 15.1. The van der Waals surface area contributed by atoms with Crippen LogP contribution in [0.1, 0.15) is 19.8 Å². The third-order valence-corrected chi connectivity index (χ3v) is 1.75. The minimum absolute atomic E-state index is 1.25. The molecule has 0 unspecified atom stereocenters. The highest BCUT2D eigenvalue weighted by Gasteiger charge is 2.09. The molecule has 1 fully saturated rings. The van der Waals surface area contributed by atoms with Crippen molar-refractivity contribution in [2.24, 2.45) is 0 Å². The van der Waals surface area contributed by atoms with Crippen LogP contribution < -0.4 is 0 Å². The van der Waals surface area contributed by atoms with Crippen LogP contribution in [-0.4, -0.2) is 18.5 Å². The molecule has 46 valence electrons. The summed E-state index contributed by atoms with van der Waals surface area (Å²) in [5.41, 5.74) is 1.50. The van der Waals surface area contributed by atoms with Crippen molar-refractivity contribution in [1.82, 2.24) is 4.90 Å². The van der Waals surface area contributed by atoms with E-state index < -0.39 is 0 Å². The first kappa shape index (κ1) is 5.67. The van der Waals surface area contributed by atoms with Crippen LogP contribution in [0.4, 0.5) is 0 Å². The molecule has 0 amide bonds. The quantitative estimate of drug-likeness (QED) is 0.459. The van der Waals surface area contributed by atoms with E-state index in [4.69, 9.17) is 0 Å². The number of likely N-dealkylation sites (tertiary alicyclic amines) is 1. The lowest BCUT2D eigenvalue weighted by atomic mass is 10.3. The van der Waals surface area contributed by atoms with Gasteiger partial charge in [-0.2, -0.15) is 0 Å². The summed E-state index contributed by atoms with van der Waals surface area (Å²) < 4.78 is 0. The number of hydrogen-bond donors (Lipinski definition) is 0. The Morgan fingerprint density at radius 3 is 2.62 bits per heavy atom. The van der Waals surface area contributed by atoms with Crippen LogP contribution in [0.2, 0.25) is 0 Å². The zero-order valence-corrected chi connectivity index (χ0v) is 5.65. The lowest BCUT2D eigenvalue weighted by molar-refractivity contribution is 0.480. The molecule has 1 heteroatoms. The predicted molar refractivity (Wildman–Crippen MR) is 35.6 cm³/mol. The summed E-state index contributed by atoms with van der Waals surface area (Å²) in [7, 11) is 2.16. The largest absolute Gasteiger partial charge is 0.378 e. The lowest BCUT2D eigenvalue weighted by Gasteiger charge is -2.10. The Hall–Kier alpha value is -0.460. The maximum atomic E-state index is 2.32. The smallest absolute Gasteiger partial charge is 0.0175 e. The molecule has 0 radical (unpaired) electrons. The van der Waals surface area contributed by atoms with E-state index >= 15 is 0 Å². The van der Waals surface area contributed by atoms with Gasteiger partial charge in [0.25, 0.3) is 0 Å². The zero-order valence-electron chi connectivity index (χ0n) is 5.65. The highest BCUT2D eigenvalue weighted by molar-refractivity contribution is 5.02. The van der Waals surface area contributed by atoms with E-state index in [1.807, 2.05) is 0 Å². The van der Waals surface area contributed by atoms with Crippen LogP contribution in [0.25, 0.3) is 0 Å². The molecule has 0 spiro atoms. The minimum atomic E-state index is 1.25. The maximum absolute atomic E-state index is 2.32. The zero-order chi connectivity index (χ0) is 5.98. The molecule has 0 aliphatic carbocycles. The fraction of sp³-hybridized carbons (Fsp3) is 0.714. The van der Waals surface area contributed by atoms with Gasteiger partial charge in [0.15, 0.2) is 0 Å². The molecule has 0 atom stereocenters. The van der Waals surface area contributed by atoms with Crippen molar-refractivity contribution in [1.29, 1.82) is 0 Å². The molecule has 1 aliphatic heterocycles. The second kappa shape index (κ2) is 2.21. The summed E-state index contributed by atoms with van der Waals surface area (Å²) in [5.74, 6) is 0. The summed E-state index contributed by atoms with van der Waals surface area (Å²) >= 11 is 0. The Morgan fingerprint density at radius 2 is 2.38 bits per heavy atom. The SMILES string of the molecule is CC=C1CCCN1C. The molecule has 0 saturated carbocycles. The molecule has 0 N–H and O–H groups in total. The van der Waals surface area contributed by atoms with Crippen molar-refractivity contribution >= 4 is 0 Å². The third kappa shape index (κ3) is 0.857. The molecular formula is C7H13N. The third-order valence-electron chi connectivity index (χ3n) is 1.75. The number of allylic oxidation sites excluding steroid dienone is 2. The van der Waals surface area contributed by atoms with Gasteiger partial charge in [0, 0.05) is 19.3 Å². The van der Waals surface area contributed by atoms with Crippen molar-refractivity contribution in [2.75, 3.05) is 13.6 Å². The first-order valence-corrected chi connectivity index (χ1v) is 3.21. The first-order valence-electron chi connectivity index (χ1n) is 3.21. The monoisotopic (exact) mass is 111 g/mol. The van der Waals surface area contributed by atoms with Gasteiger partial charge in [0.1, 0.15) is 0 Å². The molecule has 1 saturated heterocycles. The van der Waals surface area contributed by atoms with Crippen LogP contribution in [0.15, 0.2) is 11.8 Å². The fourth-order valence-electron chi connectivity index (χ4n) is 1.20. The normalized spacial score (nSPS) is 25.2. The highest BCUT2D eigenvalue weighted by Crippen LogP contribution is 2.17. The van der Waals surface area contributed by atoms with Crippen LogP contribution in [0, 0.1) is 0 Å². The van der Waals surface area contributed by atoms with E-state index in [0.717, 1.165) is 0 Å². The van der Waals surface area contributed by atoms with Crippen molar-refractivity contribution < 1.29 is 0 Å². The number of rotatable bonds is 0. The van der Waals surface area contributed by atoms with E-state index in [2.05, 4.69) is 24.9 Å². The molecular weight excluding hydrogens is 98.1 g/mol. The Labute approximate surface area is 51.0 Å². The maximum Gasteiger partial charge on any atom is 0.0175 e. The molecule has 0 aromatic rings. The van der Waals surface area contributed by atoms with Crippen molar-refractivity contribution in [3.05, 3.63) is 11.8 Å². The lowest BCUT2D eigenvalue weighted by Crippen LogP contribution is -2.09. The molecule has 8 heavy (non-hydrogen) atoms. The standard InChI is InChI=1S/C7H13N/c1-3-7-5-4-6-8(7)2/h3H,4-6H2,1-2H3. The Morgan fingerprint density at radius 1 is 1.62 bits per heavy atom. The van der Waals surface area contributed by atoms with Gasteiger partial charge in [-0.25, -0.2) is 0 Å². The summed E-state index contributed by atoms with van der Waals surface area (Å²) in [6.07, 6.45) is 4.83. The van der Waals surface area contributed by atoms with Crippen molar-refractivity contribution in [3.8, 4) is 0 Å². The molecule has 0 aromatic carbocycles. The van der Waals surface area contributed by atoms with E-state index in [1.54, 1.807) is 0 Å². The van der Waals surface area contributed by atoms with Crippen molar-refractivity contribution in [3.63, 3.8) is 0 Å². The molecule has 1 nitrogen and oxygen atoms in total. The summed E-state index contributed by atoms with van der Waals surface area (Å²) in [6, 6.07) is 0. The Balaban J connectivity index is 2.55. The minimum Gasteiger partial charge on any atom is -0.378 e. The van der Waals surface area contributed by atoms with Crippen LogP contribution in [-0.2, 0) is 0 Å². The average molecular weight is 111 g/mol. The Bertz CT molecular complexity index is 105. The van der Waals surface area contributed by atoms with Crippen LogP contribution in [0.3, 0.4) is 0 Å². The van der Waals surface area contributed by atoms with Gasteiger partial charge in [0.05, 0.1) is 0 Å². The van der Waals surface area contributed by atoms with Gasteiger partial charge in [-0.1, -0.05) is 6.08 Å². The predicted octanol–water partition coefficient (Wildman–Crippen LogP) is 1.62. The van der Waals surface area contributed by atoms with Gasteiger partial charge in [-0.3, -0.25) is 0 Å². The average Bonchev–Trinajstić information content (AvgIpc) is 2.14. The topological polar surface area (TPSA) is 3.24 Å². The second-order valence-corrected chi connectivity index (χ2v) is 2.31. The van der Waals surface area contributed by atoms with Gasteiger partial charge < -0.3 is 4.90 Å². The van der Waals surface area contributed by atoms with Crippen molar-refractivity contribution in [2.45, 2.75) is 19.8 Å². The van der Waals surface area contributed by atoms with E-state index in [1.165, 1.54) is 25.1 Å². The molecule has 0 bridgehead atoms. The molecule has 0 aromatic heterocycles. The van der Waals surface area contributed by atoms with E-state index in [9.17, 15) is 0 Å². The van der Waals surface area contributed by atoms with Gasteiger partial charge in [-0.05, 0) is 19.8 Å². The van der Waals surface area contributed by atoms with Gasteiger partial charge in [-0.15, -0.1) is 0 Å².